The Bertz CT molecular complexity index is 765. The number of rotatable bonds is 7. The molecule has 2 aromatic rings. The lowest BCUT2D eigenvalue weighted by Crippen LogP contribution is -2.28. The van der Waals surface area contributed by atoms with Crippen molar-refractivity contribution < 1.29 is 14.6 Å². The van der Waals surface area contributed by atoms with Gasteiger partial charge in [-0.05, 0) is 18.2 Å². The third-order valence-electron chi connectivity index (χ3n) is 2.98. The lowest BCUT2D eigenvalue weighted by Gasteiger charge is -2.07. The molecule has 0 saturated heterocycles. The van der Waals surface area contributed by atoms with E-state index in [1.54, 1.807) is 18.3 Å². The summed E-state index contributed by atoms with van der Waals surface area (Å²) in [7, 11) is 0. The summed E-state index contributed by atoms with van der Waals surface area (Å²) in [5, 5.41) is 26.9. The number of hydrogen-bond acceptors (Lipinski definition) is 7. The fraction of sp³-hybridized carbons (Fsp3) is 0.143. The van der Waals surface area contributed by atoms with Gasteiger partial charge in [0.1, 0.15) is 5.69 Å². The van der Waals surface area contributed by atoms with Crippen LogP contribution in [-0.2, 0) is 11.3 Å². The van der Waals surface area contributed by atoms with E-state index in [1.165, 1.54) is 0 Å². The third-order valence-corrected chi connectivity index (χ3v) is 2.98. The number of pyridine rings is 1. The number of amides is 1. The van der Waals surface area contributed by atoms with Gasteiger partial charge in [0.25, 0.3) is 11.4 Å². The Morgan fingerprint density at radius 3 is 2.54 bits per heavy atom. The summed E-state index contributed by atoms with van der Waals surface area (Å²) in [6, 6.07) is 8.38. The minimum absolute atomic E-state index is 0.0925. The SMILES string of the molecule is O=C(CNCc1ccccn1)Nc1ccc([N+](=O)[O-])cc1[N+](=O)[O-]. The van der Waals surface area contributed by atoms with E-state index < -0.39 is 27.1 Å². The molecule has 0 fully saturated rings. The Morgan fingerprint density at radius 2 is 1.92 bits per heavy atom. The molecule has 1 aromatic carbocycles. The van der Waals surface area contributed by atoms with Gasteiger partial charge < -0.3 is 10.6 Å². The molecule has 124 valence electrons. The van der Waals surface area contributed by atoms with Crippen molar-refractivity contribution in [3.63, 3.8) is 0 Å². The zero-order chi connectivity index (χ0) is 17.5. The Balaban J connectivity index is 1.98. The molecule has 2 N–H and O–H groups in total. The predicted molar refractivity (Wildman–Crippen MR) is 84.3 cm³/mol. The first-order valence-corrected chi connectivity index (χ1v) is 6.80. The van der Waals surface area contributed by atoms with Crippen LogP contribution in [0, 0.1) is 20.2 Å². The molecule has 10 heteroatoms. The number of hydrogen-bond donors (Lipinski definition) is 2. The van der Waals surface area contributed by atoms with Gasteiger partial charge >= 0.3 is 0 Å². The normalized spacial score (nSPS) is 10.2. The molecular formula is C14H13N5O5. The highest BCUT2D eigenvalue weighted by Crippen LogP contribution is 2.28. The Morgan fingerprint density at radius 1 is 1.12 bits per heavy atom. The van der Waals surface area contributed by atoms with E-state index in [0.29, 0.717) is 6.54 Å². The highest BCUT2D eigenvalue weighted by Gasteiger charge is 2.20. The molecule has 0 radical (unpaired) electrons. The number of carbonyl (C=O) groups is 1. The molecule has 1 amide bonds. The summed E-state index contributed by atoms with van der Waals surface area (Å²) in [6.07, 6.45) is 1.62. The van der Waals surface area contributed by atoms with Crippen LogP contribution in [0.25, 0.3) is 0 Å². The van der Waals surface area contributed by atoms with Crippen molar-refractivity contribution in [2.24, 2.45) is 0 Å². The van der Waals surface area contributed by atoms with Crippen LogP contribution in [0.2, 0.25) is 0 Å². The van der Waals surface area contributed by atoms with E-state index in [0.717, 1.165) is 23.9 Å². The molecule has 0 unspecified atom stereocenters. The molecule has 24 heavy (non-hydrogen) atoms. The summed E-state index contributed by atoms with van der Waals surface area (Å²) in [6.45, 7) is 0.265. The molecule has 0 aliphatic rings. The molecule has 0 bridgehead atoms. The van der Waals surface area contributed by atoms with Crippen molar-refractivity contribution in [2.75, 3.05) is 11.9 Å². The largest absolute Gasteiger partial charge is 0.319 e. The topological polar surface area (TPSA) is 140 Å². The van der Waals surface area contributed by atoms with Crippen LogP contribution in [0.5, 0.6) is 0 Å². The zero-order valence-electron chi connectivity index (χ0n) is 12.3. The van der Waals surface area contributed by atoms with Gasteiger partial charge in [0.05, 0.1) is 28.2 Å². The molecule has 10 nitrogen and oxygen atoms in total. The second-order valence-electron chi connectivity index (χ2n) is 4.69. The Labute approximate surface area is 135 Å². The van der Waals surface area contributed by atoms with Crippen LogP contribution in [0.4, 0.5) is 17.1 Å². The number of nitro benzene ring substituents is 2. The Hall–Kier alpha value is -3.40. The van der Waals surface area contributed by atoms with Crippen molar-refractivity contribution >= 4 is 23.0 Å². The number of non-ortho nitro benzene ring substituents is 1. The van der Waals surface area contributed by atoms with Gasteiger partial charge in [-0.2, -0.15) is 0 Å². The molecule has 0 aliphatic carbocycles. The molecule has 2 rings (SSSR count). The maximum Gasteiger partial charge on any atom is 0.299 e. The first-order valence-electron chi connectivity index (χ1n) is 6.80. The summed E-state index contributed by atoms with van der Waals surface area (Å²) in [4.78, 5) is 36.0. The molecule has 0 atom stereocenters. The predicted octanol–water partition coefficient (Wildman–Crippen LogP) is 1.63. The molecule has 0 aliphatic heterocycles. The van der Waals surface area contributed by atoms with Crippen LogP contribution in [0.15, 0.2) is 42.6 Å². The van der Waals surface area contributed by atoms with Crippen molar-refractivity contribution in [1.82, 2.24) is 10.3 Å². The molecular weight excluding hydrogens is 318 g/mol. The number of anilines is 1. The van der Waals surface area contributed by atoms with Crippen molar-refractivity contribution in [1.29, 1.82) is 0 Å². The van der Waals surface area contributed by atoms with Gasteiger partial charge in [0.15, 0.2) is 0 Å². The molecule has 0 saturated carbocycles. The van der Waals surface area contributed by atoms with Crippen LogP contribution < -0.4 is 10.6 Å². The van der Waals surface area contributed by atoms with E-state index in [9.17, 15) is 25.0 Å². The first kappa shape index (κ1) is 17.0. The summed E-state index contributed by atoms with van der Waals surface area (Å²) in [5.41, 5.74) is -0.322. The van der Waals surface area contributed by atoms with Crippen LogP contribution in [0.3, 0.4) is 0 Å². The minimum atomic E-state index is -0.788. The number of nitrogens with one attached hydrogen (secondary N) is 2. The second-order valence-corrected chi connectivity index (χ2v) is 4.69. The van der Waals surface area contributed by atoms with E-state index in [-0.39, 0.29) is 12.2 Å². The van der Waals surface area contributed by atoms with Gasteiger partial charge in [-0.15, -0.1) is 0 Å². The van der Waals surface area contributed by atoms with Crippen molar-refractivity contribution in [3.8, 4) is 0 Å². The second kappa shape index (κ2) is 7.74. The summed E-state index contributed by atoms with van der Waals surface area (Å²) in [5.74, 6) is -0.511. The minimum Gasteiger partial charge on any atom is -0.319 e. The van der Waals surface area contributed by atoms with Crippen LogP contribution >= 0.6 is 0 Å². The van der Waals surface area contributed by atoms with Gasteiger partial charge in [0.2, 0.25) is 5.91 Å². The quantitative estimate of drug-likeness (QED) is 0.580. The van der Waals surface area contributed by atoms with Gasteiger partial charge in [0, 0.05) is 18.8 Å². The van der Waals surface area contributed by atoms with E-state index in [4.69, 9.17) is 0 Å². The van der Waals surface area contributed by atoms with Gasteiger partial charge in [-0.1, -0.05) is 6.07 Å². The van der Waals surface area contributed by atoms with E-state index in [1.807, 2.05) is 6.07 Å². The third kappa shape index (κ3) is 4.55. The van der Waals surface area contributed by atoms with E-state index in [2.05, 4.69) is 15.6 Å². The maximum atomic E-state index is 11.8. The molecule has 0 spiro atoms. The van der Waals surface area contributed by atoms with Gasteiger partial charge in [-0.25, -0.2) is 0 Å². The van der Waals surface area contributed by atoms with Crippen LogP contribution in [0.1, 0.15) is 5.69 Å². The smallest absolute Gasteiger partial charge is 0.299 e. The van der Waals surface area contributed by atoms with Crippen LogP contribution in [-0.4, -0.2) is 27.3 Å². The number of nitrogens with zero attached hydrogens (tertiary/aromatic N) is 3. The number of nitro groups is 2. The maximum absolute atomic E-state index is 11.8. The lowest BCUT2D eigenvalue weighted by atomic mass is 10.2. The molecule has 1 heterocycles. The Kier molecular flexibility index (Phi) is 5.47. The fourth-order valence-corrected chi connectivity index (χ4v) is 1.89. The lowest BCUT2D eigenvalue weighted by molar-refractivity contribution is -0.393. The monoisotopic (exact) mass is 331 g/mol. The first-order chi connectivity index (χ1) is 11.5. The molecule has 1 aromatic heterocycles. The highest BCUT2D eigenvalue weighted by molar-refractivity contribution is 5.94. The highest BCUT2D eigenvalue weighted by atomic mass is 16.6. The zero-order valence-corrected chi connectivity index (χ0v) is 12.3. The number of aromatic nitrogens is 1. The summed E-state index contributed by atoms with van der Waals surface area (Å²) < 4.78 is 0. The fourth-order valence-electron chi connectivity index (χ4n) is 1.89. The number of benzene rings is 1. The summed E-state index contributed by atoms with van der Waals surface area (Å²) >= 11 is 0. The van der Waals surface area contributed by atoms with Crippen molar-refractivity contribution in [2.45, 2.75) is 6.54 Å². The van der Waals surface area contributed by atoms with Gasteiger partial charge in [-0.3, -0.25) is 30.0 Å². The number of carbonyl (C=O) groups excluding carboxylic acids is 1. The average Bonchev–Trinajstić information content (AvgIpc) is 2.55. The average molecular weight is 331 g/mol. The van der Waals surface area contributed by atoms with Crippen molar-refractivity contribution in [3.05, 3.63) is 68.5 Å². The standard InChI is InChI=1S/C14H13N5O5/c20-14(9-15-8-10-3-1-2-6-16-10)17-12-5-4-11(18(21)22)7-13(12)19(23)24/h1-7,15H,8-9H2,(H,17,20). The van der Waals surface area contributed by atoms with E-state index >= 15 is 0 Å².